The number of amides is 2. The summed E-state index contributed by atoms with van der Waals surface area (Å²) in [6.45, 7) is 4.85. The van der Waals surface area contributed by atoms with E-state index in [1.807, 2.05) is 37.5 Å². The van der Waals surface area contributed by atoms with Gasteiger partial charge in [-0.3, -0.25) is 9.59 Å². The van der Waals surface area contributed by atoms with Crippen LogP contribution in [0.3, 0.4) is 0 Å². The summed E-state index contributed by atoms with van der Waals surface area (Å²) in [5.41, 5.74) is 6.79. The van der Waals surface area contributed by atoms with E-state index in [0.717, 1.165) is 83.6 Å². The number of nitrogens with one attached hydrogen (secondary N) is 2. The molecule has 2 saturated heterocycles. The van der Waals surface area contributed by atoms with Gasteiger partial charge in [-0.1, -0.05) is 24.6 Å². The van der Waals surface area contributed by atoms with Crippen molar-refractivity contribution in [2.45, 2.75) is 88.3 Å². The number of aromatic nitrogens is 3. The summed E-state index contributed by atoms with van der Waals surface area (Å²) in [4.78, 5) is 42.2. The van der Waals surface area contributed by atoms with Crippen molar-refractivity contribution in [2.75, 3.05) is 49.7 Å². The normalized spacial score (nSPS) is 23.3. The first-order valence-corrected chi connectivity index (χ1v) is 21.0. The van der Waals surface area contributed by atoms with Gasteiger partial charge in [0.1, 0.15) is 5.52 Å². The molecule has 0 unspecified atom stereocenters. The number of anilines is 3. The number of pyridine rings is 1. The van der Waals surface area contributed by atoms with Crippen LogP contribution >= 0.6 is 0 Å². The highest BCUT2D eigenvalue weighted by Crippen LogP contribution is 2.52. The van der Waals surface area contributed by atoms with Crippen LogP contribution in [0.15, 0.2) is 48.8 Å². The van der Waals surface area contributed by atoms with Gasteiger partial charge in [-0.2, -0.15) is 0 Å². The minimum Gasteiger partial charge on any atom is -0.355 e. The smallest absolute Gasteiger partial charge is 0.251 e. The molecule has 12 nitrogen and oxygen atoms in total. The molecule has 0 radical (unpaired) electrons. The second-order valence-electron chi connectivity index (χ2n) is 15.9. The van der Waals surface area contributed by atoms with Crippen molar-refractivity contribution in [3.8, 4) is 11.3 Å². The third-order valence-corrected chi connectivity index (χ3v) is 13.9. The van der Waals surface area contributed by atoms with E-state index in [2.05, 4.69) is 43.2 Å². The van der Waals surface area contributed by atoms with E-state index in [1.165, 1.54) is 29.8 Å². The summed E-state index contributed by atoms with van der Waals surface area (Å²) in [5.74, 6) is 0.627. The predicted octanol–water partition coefficient (Wildman–Crippen LogP) is 5.50. The van der Waals surface area contributed by atoms with Crippen LogP contribution in [0.4, 0.5) is 17.2 Å². The molecule has 2 N–H and O–H groups in total. The van der Waals surface area contributed by atoms with E-state index < -0.39 is 15.4 Å². The maximum Gasteiger partial charge on any atom is 0.251 e. The fourth-order valence-corrected chi connectivity index (χ4v) is 10.1. The van der Waals surface area contributed by atoms with Crippen LogP contribution in [-0.2, 0) is 20.2 Å². The number of benzene rings is 2. The quantitative estimate of drug-likeness (QED) is 0.243. The van der Waals surface area contributed by atoms with E-state index in [1.54, 1.807) is 7.05 Å². The van der Waals surface area contributed by atoms with Crippen molar-refractivity contribution in [3.05, 3.63) is 65.5 Å². The van der Waals surface area contributed by atoms with Gasteiger partial charge < -0.3 is 25.0 Å². The number of hydrogen-bond acceptors (Lipinski definition) is 8. The molecule has 2 aliphatic carbocycles. The van der Waals surface area contributed by atoms with Crippen LogP contribution < -0.4 is 15.5 Å². The number of rotatable bonds is 8. The van der Waals surface area contributed by atoms with Crippen molar-refractivity contribution >= 4 is 50.1 Å². The number of imidazole rings is 1. The largest absolute Gasteiger partial charge is 0.355 e. The van der Waals surface area contributed by atoms with Crippen molar-refractivity contribution in [3.63, 3.8) is 0 Å². The third kappa shape index (κ3) is 5.91. The maximum absolute atomic E-state index is 14.8. The number of hydrogen-bond donors (Lipinski definition) is 2. The molecule has 278 valence electrons. The average molecular weight is 737 g/mol. The molecule has 2 saturated carbocycles. The fraction of sp³-hybridized carbons (Fsp3) is 0.500. The maximum atomic E-state index is 14.8. The highest BCUT2D eigenvalue weighted by Gasteiger charge is 2.56. The Bertz CT molecular complexity index is 2230. The average Bonchev–Trinajstić information content (AvgIpc) is 3.86. The topological polar surface area (TPSA) is 133 Å². The van der Waals surface area contributed by atoms with Crippen LogP contribution in [0, 0.1) is 6.92 Å². The Morgan fingerprint density at radius 2 is 1.68 bits per heavy atom. The number of likely N-dealkylation sites (tertiary alicyclic amines) is 1. The molecule has 13 heteroatoms. The fourth-order valence-electron chi connectivity index (χ4n) is 9.29. The summed E-state index contributed by atoms with van der Waals surface area (Å²) in [6, 6.07) is 15.0. The van der Waals surface area contributed by atoms with E-state index >= 15 is 0 Å². The summed E-state index contributed by atoms with van der Waals surface area (Å²) in [7, 11) is -1.71. The van der Waals surface area contributed by atoms with E-state index in [0.29, 0.717) is 49.4 Å². The van der Waals surface area contributed by atoms with E-state index in [-0.39, 0.29) is 17.9 Å². The molecule has 0 atom stereocenters. The van der Waals surface area contributed by atoms with Gasteiger partial charge in [0, 0.05) is 60.8 Å². The SMILES string of the molecule is CNC(=O)c1cc(Nc2nc(-c3ccc4c(c3)N([C@H]3C[C@@H](N5CCCCC5)C3)C(=O)C43CCN(S(C)(=O)=O)CC3)cc3ncn(C4CC4)c23)ccc1C. The van der Waals surface area contributed by atoms with Crippen LogP contribution in [0.1, 0.15) is 85.3 Å². The van der Waals surface area contributed by atoms with Crippen molar-refractivity contribution in [2.24, 2.45) is 0 Å². The molecule has 2 aromatic carbocycles. The first kappa shape index (κ1) is 34.4. The van der Waals surface area contributed by atoms with Crippen LogP contribution in [0.2, 0.25) is 0 Å². The molecule has 5 heterocycles. The Kier molecular flexibility index (Phi) is 8.39. The van der Waals surface area contributed by atoms with Crippen molar-refractivity contribution in [1.29, 1.82) is 0 Å². The lowest BCUT2D eigenvalue weighted by atomic mass is 9.73. The molecular formula is C40H48N8O4S. The van der Waals surface area contributed by atoms with Gasteiger partial charge in [0.2, 0.25) is 15.9 Å². The molecule has 0 bridgehead atoms. The van der Waals surface area contributed by atoms with Crippen LogP contribution in [0.5, 0.6) is 0 Å². The molecular weight excluding hydrogens is 689 g/mol. The zero-order valence-corrected chi connectivity index (χ0v) is 31.6. The van der Waals surface area contributed by atoms with Gasteiger partial charge >= 0.3 is 0 Å². The zero-order chi connectivity index (χ0) is 36.6. The Labute approximate surface area is 311 Å². The highest BCUT2D eigenvalue weighted by molar-refractivity contribution is 7.88. The first-order valence-electron chi connectivity index (χ1n) is 19.2. The highest BCUT2D eigenvalue weighted by atomic mass is 32.2. The molecule has 4 fully saturated rings. The van der Waals surface area contributed by atoms with Crippen molar-refractivity contribution < 1.29 is 18.0 Å². The van der Waals surface area contributed by atoms with Gasteiger partial charge in [-0.25, -0.2) is 22.7 Å². The Hall–Kier alpha value is -4.33. The Balaban J connectivity index is 1.10. The lowest BCUT2D eigenvalue weighted by Crippen LogP contribution is -2.58. The summed E-state index contributed by atoms with van der Waals surface area (Å²) in [6.07, 6.45) is 11.9. The summed E-state index contributed by atoms with van der Waals surface area (Å²) >= 11 is 0. The molecule has 2 aromatic heterocycles. The second kappa shape index (κ2) is 12.9. The van der Waals surface area contributed by atoms with Gasteiger partial charge in [0.05, 0.1) is 29.2 Å². The van der Waals surface area contributed by atoms with Crippen LogP contribution in [0.25, 0.3) is 22.3 Å². The molecule has 1 spiro atoms. The summed E-state index contributed by atoms with van der Waals surface area (Å²) in [5, 5.41) is 6.28. The number of fused-ring (bicyclic) bond motifs is 3. The molecule has 4 aromatic rings. The second-order valence-corrected chi connectivity index (χ2v) is 17.9. The van der Waals surface area contributed by atoms with Gasteiger partial charge in [-0.15, -0.1) is 0 Å². The van der Waals surface area contributed by atoms with Crippen molar-refractivity contribution in [1.82, 2.24) is 29.1 Å². The van der Waals surface area contributed by atoms with E-state index in [4.69, 9.17) is 9.97 Å². The number of sulfonamides is 1. The molecule has 3 aliphatic heterocycles. The number of carbonyl (C=O) groups is 2. The lowest BCUT2D eigenvalue weighted by molar-refractivity contribution is -0.125. The van der Waals surface area contributed by atoms with Gasteiger partial charge in [-0.05, 0) is 107 Å². The van der Waals surface area contributed by atoms with Gasteiger partial charge in [0.15, 0.2) is 5.82 Å². The number of carbonyl (C=O) groups excluding carboxylic acids is 2. The first-order chi connectivity index (χ1) is 25.5. The zero-order valence-electron chi connectivity index (χ0n) is 30.8. The Morgan fingerprint density at radius 3 is 2.38 bits per heavy atom. The molecule has 5 aliphatic rings. The molecule has 53 heavy (non-hydrogen) atoms. The molecule has 9 rings (SSSR count). The predicted molar refractivity (Wildman–Crippen MR) is 206 cm³/mol. The van der Waals surface area contributed by atoms with Crippen LogP contribution in [-0.4, -0.2) is 95.5 Å². The minimum absolute atomic E-state index is 0.105. The standard InChI is InChI=1S/C40H48N8O4S/c1-25-7-9-27(20-31(25)38(49)41-2)43-37-36-34(42-24-47(36)28-10-11-28)23-33(44-37)26-8-12-32-35(19-26)48(30-21-29(22-30)45-15-5-4-6-16-45)39(50)40(32)13-17-46(18-14-40)53(3,51)52/h7-9,12,19-20,23-24,28-30H,4-6,10-11,13-18,21-22H2,1-3H3,(H,41,49)(H,43,44)/t29-,30+. The summed E-state index contributed by atoms with van der Waals surface area (Å²) < 4.78 is 28.7. The lowest BCUT2D eigenvalue weighted by Gasteiger charge is -2.48. The van der Waals surface area contributed by atoms with Gasteiger partial charge in [0.25, 0.3) is 5.91 Å². The third-order valence-electron chi connectivity index (χ3n) is 12.6. The Morgan fingerprint density at radius 1 is 0.925 bits per heavy atom. The van der Waals surface area contributed by atoms with E-state index in [9.17, 15) is 18.0 Å². The molecule has 2 amide bonds. The monoisotopic (exact) mass is 736 g/mol. The number of piperidine rings is 2. The minimum atomic E-state index is -3.35. The number of nitrogens with zero attached hydrogens (tertiary/aromatic N) is 6. The number of aryl methyl sites for hydroxylation is 1.